The van der Waals surface area contributed by atoms with Crippen LogP contribution in [-0.2, 0) is 9.59 Å². The normalized spacial score (nSPS) is 12.3. The van der Waals surface area contributed by atoms with Gasteiger partial charge in [0, 0.05) is 17.6 Å². The van der Waals surface area contributed by atoms with Crippen LogP contribution in [0.1, 0.15) is 12.5 Å². The summed E-state index contributed by atoms with van der Waals surface area (Å²) in [5.41, 5.74) is 0.848. The maximum Gasteiger partial charge on any atom is 0.308 e. The fraction of sp³-hybridized carbons (Fsp3) is 0.231. The van der Waals surface area contributed by atoms with Gasteiger partial charge in [-0.15, -0.1) is 0 Å². The Morgan fingerprint density at radius 3 is 2.56 bits per heavy atom. The highest BCUT2D eigenvalue weighted by Crippen LogP contribution is 2.10. The van der Waals surface area contributed by atoms with Crippen molar-refractivity contribution in [1.82, 2.24) is 5.32 Å². The number of amides is 1. The Kier molecular flexibility index (Phi) is 5.39. The van der Waals surface area contributed by atoms with Crippen molar-refractivity contribution >= 4 is 29.6 Å². The van der Waals surface area contributed by atoms with E-state index in [0.29, 0.717) is 5.02 Å². The molecule has 1 aromatic rings. The molecule has 0 bridgehead atoms. The van der Waals surface area contributed by atoms with Gasteiger partial charge in [-0.3, -0.25) is 9.59 Å². The number of rotatable bonds is 5. The summed E-state index contributed by atoms with van der Waals surface area (Å²) in [5, 5.41) is 11.8. The van der Waals surface area contributed by atoms with Gasteiger partial charge in [0.1, 0.15) is 0 Å². The zero-order valence-electron chi connectivity index (χ0n) is 9.89. The van der Waals surface area contributed by atoms with Crippen molar-refractivity contribution < 1.29 is 14.7 Å². The topological polar surface area (TPSA) is 66.4 Å². The molecule has 1 amide bonds. The number of halogens is 1. The Balaban J connectivity index is 2.45. The average Bonchev–Trinajstić information content (AvgIpc) is 2.35. The molecule has 1 aromatic carbocycles. The fourth-order valence-corrected chi connectivity index (χ4v) is 1.27. The van der Waals surface area contributed by atoms with Gasteiger partial charge in [-0.25, -0.2) is 0 Å². The Labute approximate surface area is 110 Å². The third-order valence-electron chi connectivity index (χ3n) is 2.30. The zero-order chi connectivity index (χ0) is 13.5. The van der Waals surface area contributed by atoms with Crippen LogP contribution >= 0.6 is 11.6 Å². The molecule has 0 saturated heterocycles. The Bertz CT molecular complexity index is 454. The number of hydrogen-bond donors (Lipinski definition) is 2. The summed E-state index contributed by atoms with van der Waals surface area (Å²) in [7, 11) is 0. The van der Waals surface area contributed by atoms with Crippen molar-refractivity contribution in [1.29, 1.82) is 0 Å². The van der Waals surface area contributed by atoms with E-state index < -0.39 is 11.9 Å². The highest BCUT2D eigenvalue weighted by molar-refractivity contribution is 6.30. The van der Waals surface area contributed by atoms with Gasteiger partial charge in [0.25, 0.3) is 0 Å². The van der Waals surface area contributed by atoms with E-state index >= 15 is 0 Å². The van der Waals surface area contributed by atoms with Crippen LogP contribution in [0.15, 0.2) is 30.3 Å². The lowest BCUT2D eigenvalue weighted by atomic mass is 10.2. The lowest BCUT2D eigenvalue weighted by molar-refractivity contribution is -0.141. The van der Waals surface area contributed by atoms with E-state index in [4.69, 9.17) is 16.7 Å². The van der Waals surface area contributed by atoms with Gasteiger partial charge in [0.2, 0.25) is 5.91 Å². The second-order valence-corrected chi connectivity index (χ2v) is 4.31. The van der Waals surface area contributed by atoms with Gasteiger partial charge in [-0.2, -0.15) is 0 Å². The summed E-state index contributed by atoms with van der Waals surface area (Å²) in [6.45, 7) is 1.64. The summed E-state index contributed by atoms with van der Waals surface area (Å²) in [4.78, 5) is 21.9. The van der Waals surface area contributed by atoms with Gasteiger partial charge in [0.05, 0.1) is 5.92 Å². The first-order valence-corrected chi connectivity index (χ1v) is 5.81. The third-order valence-corrected chi connectivity index (χ3v) is 2.55. The lowest BCUT2D eigenvalue weighted by Crippen LogP contribution is -2.30. The third kappa shape index (κ3) is 5.01. The molecule has 1 unspecified atom stereocenters. The lowest BCUT2D eigenvalue weighted by Gasteiger charge is -2.05. The minimum atomic E-state index is -0.933. The number of carbonyl (C=O) groups excluding carboxylic acids is 1. The number of benzene rings is 1. The summed E-state index contributed by atoms with van der Waals surface area (Å²) in [6, 6.07) is 7.02. The molecule has 96 valence electrons. The van der Waals surface area contributed by atoms with Crippen LogP contribution in [0.2, 0.25) is 5.02 Å². The monoisotopic (exact) mass is 267 g/mol. The molecule has 2 N–H and O–H groups in total. The molecule has 18 heavy (non-hydrogen) atoms. The molecule has 0 aliphatic rings. The van der Waals surface area contributed by atoms with Gasteiger partial charge < -0.3 is 10.4 Å². The van der Waals surface area contributed by atoms with Gasteiger partial charge in [0.15, 0.2) is 0 Å². The highest BCUT2D eigenvalue weighted by Gasteiger charge is 2.10. The maximum atomic E-state index is 11.4. The second kappa shape index (κ2) is 6.81. The molecule has 1 atom stereocenters. The van der Waals surface area contributed by atoms with Crippen LogP contribution in [0.5, 0.6) is 0 Å². The molecule has 0 aliphatic carbocycles. The molecule has 5 heteroatoms. The van der Waals surface area contributed by atoms with E-state index in [1.54, 1.807) is 30.3 Å². The standard InChI is InChI=1S/C13H14ClNO3/c1-9(13(17)18)8-15-12(16)7-4-10-2-5-11(14)6-3-10/h2-7,9H,8H2,1H3,(H,15,16)(H,17,18)/b7-4+. The number of carboxylic acid groups (broad SMARTS) is 1. The molecule has 0 aromatic heterocycles. The van der Waals surface area contributed by atoms with E-state index in [1.165, 1.54) is 13.0 Å². The highest BCUT2D eigenvalue weighted by atomic mass is 35.5. The van der Waals surface area contributed by atoms with Crippen LogP contribution in [0, 0.1) is 5.92 Å². The first-order chi connectivity index (χ1) is 8.49. The molecule has 0 saturated carbocycles. The summed E-state index contributed by atoms with van der Waals surface area (Å²) < 4.78 is 0. The van der Waals surface area contributed by atoms with Gasteiger partial charge >= 0.3 is 5.97 Å². The predicted octanol–water partition coefficient (Wildman–Crippen LogP) is 2.19. The van der Waals surface area contributed by atoms with E-state index in [2.05, 4.69) is 5.32 Å². The van der Waals surface area contributed by atoms with E-state index in [0.717, 1.165) is 5.56 Å². The van der Waals surface area contributed by atoms with Crippen LogP contribution in [0.3, 0.4) is 0 Å². The van der Waals surface area contributed by atoms with E-state index in [9.17, 15) is 9.59 Å². The van der Waals surface area contributed by atoms with E-state index in [1.807, 2.05) is 0 Å². The molecular weight excluding hydrogens is 254 g/mol. The first kappa shape index (κ1) is 14.3. The molecule has 0 fully saturated rings. The molecule has 0 heterocycles. The summed E-state index contributed by atoms with van der Waals surface area (Å²) >= 11 is 5.73. The number of nitrogens with one attached hydrogen (secondary N) is 1. The largest absolute Gasteiger partial charge is 0.481 e. The Hall–Kier alpha value is -1.81. The smallest absolute Gasteiger partial charge is 0.308 e. The zero-order valence-corrected chi connectivity index (χ0v) is 10.6. The minimum absolute atomic E-state index is 0.110. The minimum Gasteiger partial charge on any atom is -0.481 e. The Morgan fingerprint density at radius 1 is 1.39 bits per heavy atom. The summed E-state index contributed by atoms with van der Waals surface area (Å²) in [5.74, 6) is -1.85. The SMILES string of the molecule is CC(CNC(=O)/C=C/c1ccc(Cl)cc1)C(=O)O. The van der Waals surface area contributed by atoms with Crippen molar-refractivity contribution in [2.24, 2.45) is 5.92 Å². The molecule has 0 aliphatic heterocycles. The van der Waals surface area contributed by atoms with Crippen molar-refractivity contribution in [3.8, 4) is 0 Å². The second-order valence-electron chi connectivity index (χ2n) is 3.87. The number of carboxylic acids is 1. The van der Waals surface area contributed by atoms with Crippen LogP contribution in [-0.4, -0.2) is 23.5 Å². The predicted molar refractivity (Wildman–Crippen MR) is 70.3 cm³/mol. The molecule has 0 spiro atoms. The Morgan fingerprint density at radius 2 is 2.00 bits per heavy atom. The van der Waals surface area contributed by atoms with Crippen LogP contribution in [0.25, 0.3) is 6.08 Å². The van der Waals surface area contributed by atoms with Crippen molar-refractivity contribution in [2.45, 2.75) is 6.92 Å². The number of aliphatic carboxylic acids is 1. The fourth-order valence-electron chi connectivity index (χ4n) is 1.15. The molecule has 0 radical (unpaired) electrons. The average molecular weight is 268 g/mol. The van der Waals surface area contributed by atoms with E-state index in [-0.39, 0.29) is 12.5 Å². The first-order valence-electron chi connectivity index (χ1n) is 5.43. The van der Waals surface area contributed by atoms with Crippen LogP contribution in [0.4, 0.5) is 0 Å². The molecule has 1 rings (SSSR count). The number of hydrogen-bond acceptors (Lipinski definition) is 2. The van der Waals surface area contributed by atoms with Crippen molar-refractivity contribution in [3.05, 3.63) is 40.9 Å². The summed E-state index contributed by atoms with van der Waals surface area (Å²) in [6.07, 6.45) is 2.99. The quantitative estimate of drug-likeness (QED) is 0.804. The van der Waals surface area contributed by atoms with Crippen LogP contribution < -0.4 is 5.32 Å². The number of carbonyl (C=O) groups is 2. The molecule has 4 nitrogen and oxygen atoms in total. The van der Waals surface area contributed by atoms with Gasteiger partial charge in [-0.05, 0) is 23.8 Å². The molecular formula is C13H14ClNO3. The van der Waals surface area contributed by atoms with Crippen molar-refractivity contribution in [3.63, 3.8) is 0 Å². The van der Waals surface area contributed by atoms with Gasteiger partial charge in [-0.1, -0.05) is 30.7 Å². The van der Waals surface area contributed by atoms with Crippen molar-refractivity contribution in [2.75, 3.05) is 6.54 Å². The maximum absolute atomic E-state index is 11.4.